The lowest BCUT2D eigenvalue weighted by Gasteiger charge is -2.51. The van der Waals surface area contributed by atoms with Crippen LogP contribution in [0.4, 0.5) is 0 Å². The van der Waals surface area contributed by atoms with Gasteiger partial charge in [-0.25, -0.2) is 0 Å². The molecule has 0 atom stereocenters. The third-order valence-electron chi connectivity index (χ3n) is 9.87. The molecule has 206 valence electrons. The molecule has 1 saturated heterocycles. The number of allylic oxidation sites excluding steroid dienone is 1. The molecule has 7 heteroatoms. The molecule has 4 bridgehead atoms. The standard InChI is InChI=1S/C32H38BClO5/c1-31(2)32(3,4)39-33(38-31)25-9-6-19(7-10-25)18-37-29-22(17-35)8-11-26(28(29)34)30(36-5)27-23-13-20-12-21(15-23)16-24(27)14-20/h6-11,17,20-21,23-24H,12-16,18H2,1-5H3. The van der Waals surface area contributed by atoms with E-state index < -0.39 is 7.12 Å². The van der Waals surface area contributed by atoms with Crippen LogP contribution in [-0.4, -0.2) is 31.7 Å². The minimum Gasteiger partial charge on any atom is -0.496 e. The second kappa shape index (κ2) is 9.97. The second-order valence-corrected chi connectivity index (χ2v) is 13.3. The van der Waals surface area contributed by atoms with Gasteiger partial charge in [0.2, 0.25) is 0 Å². The molecule has 0 spiro atoms. The van der Waals surface area contributed by atoms with E-state index in [4.69, 9.17) is 30.4 Å². The zero-order valence-electron chi connectivity index (χ0n) is 23.6. The van der Waals surface area contributed by atoms with Crippen LogP contribution >= 0.6 is 11.6 Å². The summed E-state index contributed by atoms with van der Waals surface area (Å²) in [5.74, 6) is 4.14. The van der Waals surface area contributed by atoms with Crippen LogP contribution in [0.15, 0.2) is 42.0 Å². The highest BCUT2D eigenvalue weighted by molar-refractivity contribution is 6.62. The summed E-state index contributed by atoms with van der Waals surface area (Å²) in [5.41, 5.74) is 3.81. The third-order valence-corrected chi connectivity index (χ3v) is 10.2. The Morgan fingerprint density at radius 2 is 1.54 bits per heavy atom. The van der Waals surface area contributed by atoms with Crippen LogP contribution in [0.25, 0.3) is 5.76 Å². The van der Waals surface area contributed by atoms with Crippen molar-refractivity contribution in [3.8, 4) is 5.75 Å². The number of carbonyl (C=O) groups excluding carboxylic acids is 1. The molecular weight excluding hydrogens is 511 g/mol. The molecule has 0 aromatic heterocycles. The first-order chi connectivity index (χ1) is 18.6. The maximum atomic E-state index is 11.9. The van der Waals surface area contributed by atoms with E-state index in [9.17, 15) is 4.79 Å². The van der Waals surface area contributed by atoms with Crippen LogP contribution in [0, 0.1) is 23.7 Å². The van der Waals surface area contributed by atoms with Gasteiger partial charge in [0, 0.05) is 5.56 Å². The first kappa shape index (κ1) is 26.9. The Balaban J connectivity index is 1.23. The van der Waals surface area contributed by atoms with E-state index >= 15 is 0 Å². The van der Waals surface area contributed by atoms with Crippen molar-refractivity contribution in [1.82, 2.24) is 0 Å². The maximum absolute atomic E-state index is 11.9. The molecule has 0 N–H and O–H groups in total. The third kappa shape index (κ3) is 4.73. The summed E-state index contributed by atoms with van der Waals surface area (Å²) in [6, 6.07) is 11.7. The summed E-state index contributed by atoms with van der Waals surface area (Å²) in [4.78, 5) is 11.9. The quantitative estimate of drug-likeness (QED) is 0.215. The fraction of sp³-hybridized carbons (Fsp3) is 0.531. The van der Waals surface area contributed by atoms with Crippen molar-refractivity contribution < 1.29 is 23.6 Å². The number of carbonyl (C=O) groups is 1. The first-order valence-corrected chi connectivity index (χ1v) is 14.6. The van der Waals surface area contributed by atoms with Gasteiger partial charge in [-0.1, -0.05) is 35.9 Å². The lowest BCUT2D eigenvalue weighted by atomic mass is 9.54. The van der Waals surface area contributed by atoms with Crippen LogP contribution in [-0.2, 0) is 20.7 Å². The molecule has 39 heavy (non-hydrogen) atoms. The molecule has 7 rings (SSSR count). The molecule has 5 fully saturated rings. The largest absolute Gasteiger partial charge is 0.496 e. The van der Waals surface area contributed by atoms with Gasteiger partial charge < -0.3 is 18.8 Å². The summed E-state index contributed by atoms with van der Waals surface area (Å²) >= 11 is 6.98. The number of aldehydes is 1. The molecule has 2 aromatic carbocycles. The Kier molecular flexibility index (Phi) is 6.88. The van der Waals surface area contributed by atoms with Crippen molar-refractivity contribution in [3.05, 3.63) is 63.7 Å². The number of methoxy groups -OCH3 is 1. The lowest BCUT2D eigenvalue weighted by molar-refractivity contribution is 0.00578. The number of rotatable bonds is 7. The number of benzene rings is 2. The smallest absolute Gasteiger partial charge is 0.494 e. The van der Waals surface area contributed by atoms with Crippen LogP contribution in [0.1, 0.15) is 81.3 Å². The lowest BCUT2D eigenvalue weighted by Crippen LogP contribution is -2.41. The number of ether oxygens (including phenoxy) is 2. The van der Waals surface area contributed by atoms with E-state index in [0.717, 1.165) is 40.5 Å². The molecule has 5 nitrogen and oxygen atoms in total. The average molecular weight is 549 g/mol. The molecular formula is C32H38BClO5. The van der Waals surface area contributed by atoms with Gasteiger partial charge in [-0.05, 0) is 112 Å². The SMILES string of the molecule is COC(=C1C2CC3CC(C2)CC1C3)c1ccc(C=O)c(OCc2ccc(B3OC(C)(C)C(C)(C)O3)cc2)c1Cl. The van der Waals surface area contributed by atoms with E-state index in [2.05, 4.69) is 0 Å². The van der Waals surface area contributed by atoms with E-state index in [1.54, 1.807) is 13.2 Å². The van der Waals surface area contributed by atoms with Crippen molar-refractivity contribution in [2.75, 3.05) is 7.11 Å². The van der Waals surface area contributed by atoms with Crippen molar-refractivity contribution in [1.29, 1.82) is 0 Å². The number of halogens is 1. The molecule has 4 saturated carbocycles. The van der Waals surface area contributed by atoms with E-state index in [0.29, 0.717) is 28.2 Å². The summed E-state index contributed by atoms with van der Waals surface area (Å²) in [5, 5.41) is 0.437. The zero-order chi connectivity index (χ0) is 27.5. The van der Waals surface area contributed by atoms with Gasteiger partial charge in [-0.3, -0.25) is 4.79 Å². The minimum absolute atomic E-state index is 0.279. The fourth-order valence-electron chi connectivity index (χ4n) is 7.34. The molecule has 0 radical (unpaired) electrons. The highest BCUT2D eigenvalue weighted by atomic mass is 35.5. The molecule has 0 amide bonds. The van der Waals surface area contributed by atoms with Crippen molar-refractivity contribution in [2.24, 2.45) is 23.7 Å². The molecule has 4 aliphatic carbocycles. The van der Waals surface area contributed by atoms with E-state index in [1.165, 1.54) is 37.7 Å². The molecule has 0 unspecified atom stereocenters. The van der Waals surface area contributed by atoms with Gasteiger partial charge in [0.25, 0.3) is 0 Å². The topological polar surface area (TPSA) is 54.0 Å². The predicted molar refractivity (Wildman–Crippen MR) is 154 cm³/mol. The number of hydrogen-bond donors (Lipinski definition) is 0. The van der Waals surface area contributed by atoms with Crippen LogP contribution in [0.3, 0.4) is 0 Å². The predicted octanol–water partition coefficient (Wildman–Crippen LogP) is 6.84. The van der Waals surface area contributed by atoms with Gasteiger partial charge in [0.15, 0.2) is 6.29 Å². The monoisotopic (exact) mass is 548 g/mol. The van der Waals surface area contributed by atoms with Crippen molar-refractivity contribution in [2.45, 2.75) is 77.6 Å². The summed E-state index contributed by atoms with van der Waals surface area (Å²) in [6.45, 7) is 8.47. The Morgan fingerprint density at radius 1 is 0.949 bits per heavy atom. The summed E-state index contributed by atoms with van der Waals surface area (Å²) < 4.78 is 24.6. The van der Waals surface area contributed by atoms with Gasteiger partial charge in [-0.2, -0.15) is 0 Å². The Labute approximate surface area is 237 Å². The fourth-order valence-corrected chi connectivity index (χ4v) is 7.65. The van der Waals surface area contributed by atoms with E-state index in [1.807, 2.05) is 58.0 Å². The Morgan fingerprint density at radius 3 is 2.08 bits per heavy atom. The average Bonchev–Trinajstić information content (AvgIpc) is 3.12. The molecule has 1 heterocycles. The second-order valence-electron chi connectivity index (χ2n) is 12.9. The summed E-state index contributed by atoms with van der Waals surface area (Å²) in [7, 11) is 1.32. The van der Waals surface area contributed by atoms with Crippen LogP contribution in [0.5, 0.6) is 5.75 Å². The normalized spacial score (nSPS) is 28.1. The van der Waals surface area contributed by atoms with Gasteiger partial charge in [0.1, 0.15) is 18.1 Å². The van der Waals surface area contributed by atoms with Gasteiger partial charge >= 0.3 is 7.12 Å². The molecule has 1 aliphatic heterocycles. The van der Waals surface area contributed by atoms with Crippen molar-refractivity contribution in [3.63, 3.8) is 0 Å². The van der Waals surface area contributed by atoms with Crippen LogP contribution in [0.2, 0.25) is 5.02 Å². The zero-order valence-corrected chi connectivity index (χ0v) is 24.3. The van der Waals surface area contributed by atoms with Crippen molar-refractivity contribution >= 4 is 36.2 Å². The minimum atomic E-state index is -0.413. The van der Waals surface area contributed by atoms with E-state index in [-0.39, 0.29) is 17.8 Å². The maximum Gasteiger partial charge on any atom is 0.494 e. The van der Waals surface area contributed by atoms with Crippen LogP contribution < -0.4 is 10.2 Å². The van der Waals surface area contributed by atoms with Gasteiger partial charge in [0.05, 0.1) is 28.9 Å². The summed E-state index contributed by atoms with van der Waals surface area (Å²) in [6.07, 6.45) is 7.21. The highest BCUT2D eigenvalue weighted by Gasteiger charge is 2.51. The molecule has 5 aliphatic rings. The highest BCUT2D eigenvalue weighted by Crippen LogP contribution is 2.58. The number of hydrogen-bond acceptors (Lipinski definition) is 5. The Bertz CT molecular complexity index is 1250. The first-order valence-electron chi connectivity index (χ1n) is 14.2. The Hall–Kier alpha value is -2.28. The van der Waals surface area contributed by atoms with Gasteiger partial charge in [-0.15, -0.1) is 0 Å². The molecule has 2 aromatic rings.